The lowest BCUT2D eigenvalue weighted by atomic mass is 9.87. The fourth-order valence-electron chi connectivity index (χ4n) is 2.17. The molecule has 2 heteroatoms. The molecule has 1 nitrogen and oxygen atoms in total. The van der Waals surface area contributed by atoms with Crippen LogP contribution in [0.4, 0.5) is 0 Å². The summed E-state index contributed by atoms with van der Waals surface area (Å²) in [6, 6.07) is 0. The highest BCUT2D eigenvalue weighted by Crippen LogP contribution is 2.36. The van der Waals surface area contributed by atoms with Crippen LogP contribution in [0, 0.1) is 11.8 Å². The van der Waals surface area contributed by atoms with Gasteiger partial charge in [0.25, 0.3) is 0 Å². The van der Waals surface area contributed by atoms with Crippen molar-refractivity contribution < 1.29 is 4.43 Å². The van der Waals surface area contributed by atoms with Crippen molar-refractivity contribution in [3.05, 3.63) is 12.2 Å². The third kappa shape index (κ3) is 7.08. The van der Waals surface area contributed by atoms with Crippen LogP contribution in [-0.4, -0.2) is 14.9 Å². The molecule has 120 valence electrons. The predicted octanol–water partition coefficient (Wildman–Crippen LogP) is 6.42. The van der Waals surface area contributed by atoms with Gasteiger partial charge in [0.15, 0.2) is 8.32 Å². The maximum absolute atomic E-state index is 6.20. The third-order valence-electron chi connectivity index (χ3n) is 4.95. The second kappa shape index (κ2) is 9.04. The lowest BCUT2D eigenvalue weighted by Gasteiger charge is -2.35. The van der Waals surface area contributed by atoms with E-state index in [4.69, 9.17) is 4.43 Å². The highest BCUT2D eigenvalue weighted by atomic mass is 28.4. The molecule has 0 aliphatic carbocycles. The van der Waals surface area contributed by atoms with Crippen molar-refractivity contribution in [1.82, 2.24) is 0 Å². The van der Waals surface area contributed by atoms with Crippen molar-refractivity contribution in [2.75, 3.05) is 6.61 Å². The van der Waals surface area contributed by atoms with Gasteiger partial charge < -0.3 is 4.43 Å². The fraction of sp³-hybridized carbons (Fsp3) is 0.889. The van der Waals surface area contributed by atoms with Gasteiger partial charge in [-0.15, -0.1) is 0 Å². The monoisotopic (exact) mass is 298 g/mol. The summed E-state index contributed by atoms with van der Waals surface area (Å²) in [5.41, 5.74) is 0. The number of hydrogen-bond donors (Lipinski definition) is 0. The molecular weight excluding hydrogens is 260 g/mol. The van der Waals surface area contributed by atoms with E-state index in [-0.39, 0.29) is 0 Å². The number of hydrogen-bond acceptors (Lipinski definition) is 1. The smallest absolute Gasteiger partial charge is 0.192 e. The van der Waals surface area contributed by atoms with E-state index >= 15 is 0 Å². The largest absolute Gasteiger partial charge is 0.413 e. The summed E-state index contributed by atoms with van der Waals surface area (Å²) in [7, 11) is -1.59. The van der Waals surface area contributed by atoms with E-state index in [1.165, 1.54) is 25.7 Å². The molecule has 0 N–H and O–H groups in total. The van der Waals surface area contributed by atoms with Gasteiger partial charge in [-0.1, -0.05) is 73.0 Å². The number of rotatable bonds is 9. The molecule has 0 bridgehead atoms. The lowest BCUT2D eigenvalue weighted by Crippen LogP contribution is -2.40. The van der Waals surface area contributed by atoms with Crippen molar-refractivity contribution in [2.24, 2.45) is 11.8 Å². The minimum Gasteiger partial charge on any atom is -0.413 e. The maximum Gasteiger partial charge on any atom is 0.192 e. The van der Waals surface area contributed by atoms with Crippen molar-refractivity contribution >= 4 is 8.32 Å². The van der Waals surface area contributed by atoms with Crippen LogP contribution in [-0.2, 0) is 4.43 Å². The first-order valence-corrected chi connectivity index (χ1v) is 11.4. The standard InChI is InChI=1S/C18H38OSi/c1-9-11-13-16(3)17(10-2)14-12-15-19-20(7,8)18(4,5)6/h12,14,16-17H,9-11,13,15H2,1-8H3/b14-12+/t16-,17+/m1/s1. The summed E-state index contributed by atoms with van der Waals surface area (Å²) in [4.78, 5) is 0. The van der Waals surface area contributed by atoms with E-state index < -0.39 is 8.32 Å². The van der Waals surface area contributed by atoms with E-state index in [0.29, 0.717) is 11.0 Å². The quantitative estimate of drug-likeness (QED) is 0.352. The molecule has 0 aliphatic rings. The van der Waals surface area contributed by atoms with E-state index in [1.54, 1.807) is 0 Å². The normalized spacial score (nSPS) is 16.6. The molecule has 0 amide bonds. The van der Waals surface area contributed by atoms with Crippen molar-refractivity contribution in [3.63, 3.8) is 0 Å². The van der Waals surface area contributed by atoms with Gasteiger partial charge >= 0.3 is 0 Å². The van der Waals surface area contributed by atoms with Crippen LogP contribution in [0.25, 0.3) is 0 Å². The molecule has 0 spiro atoms. The minimum atomic E-state index is -1.59. The van der Waals surface area contributed by atoms with Crippen molar-refractivity contribution in [2.45, 2.75) is 85.4 Å². The molecule has 20 heavy (non-hydrogen) atoms. The zero-order valence-electron chi connectivity index (χ0n) is 15.3. The van der Waals surface area contributed by atoms with Gasteiger partial charge in [-0.2, -0.15) is 0 Å². The first kappa shape index (κ1) is 19.9. The Labute approximate surface area is 129 Å². The van der Waals surface area contributed by atoms with Gasteiger partial charge in [0, 0.05) is 0 Å². The van der Waals surface area contributed by atoms with Gasteiger partial charge in [0.1, 0.15) is 0 Å². The van der Waals surface area contributed by atoms with Gasteiger partial charge in [0.2, 0.25) is 0 Å². The SMILES string of the molecule is CCCC[C@@H](C)[C@H](/C=C/CO[Si](C)(C)C(C)(C)C)CC. The molecule has 0 saturated heterocycles. The highest BCUT2D eigenvalue weighted by Gasteiger charge is 2.36. The molecule has 0 rings (SSSR count). The molecule has 0 saturated carbocycles. The van der Waals surface area contributed by atoms with E-state index in [1.807, 2.05) is 0 Å². The lowest BCUT2D eigenvalue weighted by molar-refractivity contribution is 0.324. The average molecular weight is 299 g/mol. The summed E-state index contributed by atoms with van der Waals surface area (Å²) in [5.74, 6) is 1.51. The minimum absolute atomic E-state index is 0.305. The van der Waals surface area contributed by atoms with E-state index in [9.17, 15) is 0 Å². The molecule has 0 aliphatic heterocycles. The Hall–Kier alpha value is -0.0831. The molecule has 0 aromatic carbocycles. The Morgan fingerprint density at radius 1 is 1.15 bits per heavy atom. The maximum atomic E-state index is 6.20. The Kier molecular flexibility index (Phi) is 9.00. The van der Waals surface area contributed by atoms with Gasteiger partial charge in [-0.05, 0) is 36.4 Å². The van der Waals surface area contributed by atoms with E-state index in [2.05, 4.69) is 66.8 Å². The second-order valence-electron chi connectivity index (χ2n) is 7.69. The molecule has 0 aromatic heterocycles. The van der Waals surface area contributed by atoms with Crippen LogP contribution in [0.2, 0.25) is 18.1 Å². The third-order valence-corrected chi connectivity index (χ3v) is 9.45. The zero-order valence-corrected chi connectivity index (χ0v) is 16.3. The predicted molar refractivity (Wildman–Crippen MR) is 94.8 cm³/mol. The van der Waals surface area contributed by atoms with Gasteiger partial charge in [-0.25, -0.2) is 0 Å². The molecule has 0 radical (unpaired) electrons. The number of unbranched alkanes of at least 4 members (excludes halogenated alkanes) is 1. The van der Waals surface area contributed by atoms with Crippen LogP contribution in [0.3, 0.4) is 0 Å². The Morgan fingerprint density at radius 3 is 2.20 bits per heavy atom. The van der Waals surface area contributed by atoms with Crippen LogP contribution in [0.15, 0.2) is 12.2 Å². The van der Waals surface area contributed by atoms with Crippen LogP contribution in [0.5, 0.6) is 0 Å². The first-order chi connectivity index (χ1) is 9.15. The molecule has 0 fully saturated rings. The molecule has 2 atom stereocenters. The molecular formula is C18H38OSi. The highest BCUT2D eigenvalue weighted by molar-refractivity contribution is 6.74. The first-order valence-electron chi connectivity index (χ1n) is 8.46. The van der Waals surface area contributed by atoms with Crippen molar-refractivity contribution in [1.29, 1.82) is 0 Å². The summed E-state index contributed by atoms with van der Waals surface area (Å²) in [6.07, 6.45) is 9.90. The van der Waals surface area contributed by atoms with Crippen LogP contribution in [0.1, 0.15) is 67.2 Å². The van der Waals surface area contributed by atoms with Crippen LogP contribution < -0.4 is 0 Å². The molecule has 0 unspecified atom stereocenters. The fourth-order valence-corrected chi connectivity index (χ4v) is 3.12. The average Bonchev–Trinajstić information content (AvgIpc) is 2.34. The van der Waals surface area contributed by atoms with Gasteiger partial charge in [0.05, 0.1) is 6.61 Å². The summed E-state index contributed by atoms with van der Waals surface area (Å²) in [5, 5.41) is 0.305. The zero-order chi connectivity index (χ0) is 15.8. The van der Waals surface area contributed by atoms with Crippen LogP contribution >= 0.6 is 0 Å². The molecule has 0 heterocycles. The topological polar surface area (TPSA) is 9.23 Å². The summed E-state index contributed by atoms with van der Waals surface area (Å²) in [6.45, 7) is 19.3. The molecule has 0 aromatic rings. The Bertz CT molecular complexity index is 276. The summed E-state index contributed by atoms with van der Waals surface area (Å²) < 4.78 is 6.20. The second-order valence-corrected chi connectivity index (χ2v) is 12.5. The van der Waals surface area contributed by atoms with Gasteiger partial charge in [-0.3, -0.25) is 0 Å². The number of allylic oxidation sites excluding steroid dienone is 1. The summed E-state index contributed by atoms with van der Waals surface area (Å²) >= 11 is 0. The Balaban J connectivity index is 4.27. The van der Waals surface area contributed by atoms with E-state index in [0.717, 1.165) is 12.5 Å². The Morgan fingerprint density at radius 2 is 1.75 bits per heavy atom. The van der Waals surface area contributed by atoms with Crippen molar-refractivity contribution in [3.8, 4) is 0 Å².